The lowest BCUT2D eigenvalue weighted by molar-refractivity contribution is 0.0696. The van der Waals surface area contributed by atoms with E-state index in [-0.39, 0.29) is 17.2 Å². The van der Waals surface area contributed by atoms with Crippen LogP contribution in [0, 0.1) is 11.3 Å². The first-order valence-electron chi connectivity index (χ1n) is 4.48. The summed E-state index contributed by atoms with van der Waals surface area (Å²) in [7, 11) is 0. The molecule has 0 aliphatic rings. The number of hydrogen-bond donors (Lipinski definition) is 1. The molecule has 0 aliphatic heterocycles. The summed E-state index contributed by atoms with van der Waals surface area (Å²) in [6.07, 6.45) is -0.00720. The van der Waals surface area contributed by atoms with Crippen LogP contribution in [0.5, 0.6) is 5.75 Å². The number of ether oxygens (including phenoxy) is 1. The summed E-state index contributed by atoms with van der Waals surface area (Å²) in [6, 6.07) is 6.18. The fourth-order valence-corrected chi connectivity index (χ4v) is 1.15. The Labute approximate surface area is 87.7 Å². The fraction of sp³-hybridized carbons (Fsp3) is 0.273. The molecule has 0 spiro atoms. The maximum Gasteiger partial charge on any atom is 0.337 e. The van der Waals surface area contributed by atoms with Crippen molar-refractivity contribution in [1.82, 2.24) is 0 Å². The lowest BCUT2D eigenvalue weighted by Crippen LogP contribution is -2.07. The summed E-state index contributed by atoms with van der Waals surface area (Å²) in [6.45, 7) is 3.72. The first kappa shape index (κ1) is 11.1. The van der Waals surface area contributed by atoms with Crippen LogP contribution in [0.4, 0.5) is 0 Å². The van der Waals surface area contributed by atoms with Gasteiger partial charge in [-0.15, -0.1) is 0 Å². The molecule has 0 fully saturated rings. The third-order valence-electron chi connectivity index (χ3n) is 1.71. The number of carboxylic acids is 1. The molecule has 1 rings (SSSR count). The van der Waals surface area contributed by atoms with Gasteiger partial charge < -0.3 is 9.84 Å². The van der Waals surface area contributed by atoms with Crippen LogP contribution in [0.1, 0.15) is 29.8 Å². The van der Waals surface area contributed by atoms with E-state index in [4.69, 9.17) is 15.1 Å². The Morgan fingerprint density at radius 3 is 2.67 bits per heavy atom. The van der Waals surface area contributed by atoms with Crippen molar-refractivity contribution >= 4 is 5.97 Å². The standard InChI is InChI=1S/C11H11NO3/c1-7(2)15-9-3-4-10(11(13)14)8(5-9)6-12/h3-5,7H,1-2H3,(H,13,14). The minimum Gasteiger partial charge on any atom is -0.491 e. The first-order chi connectivity index (χ1) is 7.04. The maximum absolute atomic E-state index is 10.7. The summed E-state index contributed by atoms with van der Waals surface area (Å²) >= 11 is 0. The van der Waals surface area contributed by atoms with Crippen molar-refractivity contribution in [2.45, 2.75) is 20.0 Å². The molecule has 0 atom stereocenters. The summed E-state index contributed by atoms with van der Waals surface area (Å²) in [5, 5.41) is 17.5. The van der Waals surface area contributed by atoms with E-state index >= 15 is 0 Å². The summed E-state index contributed by atoms with van der Waals surface area (Å²) in [5.41, 5.74) is 0.106. The lowest BCUT2D eigenvalue weighted by Gasteiger charge is -2.10. The van der Waals surface area contributed by atoms with Gasteiger partial charge in [0.05, 0.1) is 17.2 Å². The van der Waals surface area contributed by atoms with Crippen molar-refractivity contribution < 1.29 is 14.6 Å². The topological polar surface area (TPSA) is 70.3 Å². The van der Waals surface area contributed by atoms with Gasteiger partial charge in [0, 0.05) is 0 Å². The number of hydrogen-bond acceptors (Lipinski definition) is 3. The molecule has 0 saturated heterocycles. The van der Waals surface area contributed by atoms with Crippen LogP contribution < -0.4 is 4.74 Å². The van der Waals surface area contributed by atoms with E-state index in [9.17, 15) is 4.79 Å². The average Bonchev–Trinajstić information content (AvgIpc) is 2.16. The molecule has 78 valence electrons. The molecule has 0 radical (unpaired) electrons. The number of carbonyl (C=O) groups is 1. The number of carboxylic acid groups (broad SMARTS) is 1. The molecule has 0 bridgehead atoms. The highest BCUT2D eigenvalue weighted by Gasteiger charge is 2.11. The Balaban J connectivity index is 3.09. The zero-order valence-corrected chi connectivity index (χ0v) is 8.52. The monoisotopic (exact) mass is 205 g/mol. The molecule has 0 unspecified atom stereocenters. The van der Waals surface area contributed by atoms with E-state index in [1.165, 1.54) is 12.1 Å². The van der Waals surface area contributed by atoms with Crippen molar-refractivity contribution in [3.8, 4) is 11.8 Å². The highest BCUT2D eigenvalue weighted by molar-refractivity contribution is 5.90. The molecule has 4 heteroatoms. The minimum atomic E-state index is -1.11. The van der Waals surface area contributed by atoms with Crippen molar-refractivity contribution in [1.29, 1.82) is 5.26 Å². The highest BCUT2D eigenvalue weighted by atomic mass is 16.5. The third kappa shape index (κ3) is 2.71. The van der Waals surface area contributed by atoms with Gasteiger partial charge in [0.15, 0.2) is 0 Å². The molecule has 4 nitrogen and oxygen atoms in total. The smallest absolute Gasteiger partial charge is 0.337 e. The third-order valence-corrected chi connectivity index (χ3v) is 1.71. The molecular formula is C11H11NO3. The minimum absolute atomic E-state index is 0.00592. The summed E-state index contributed by atoms with van der Waals surface area (Å²) in [5.74, 6) is -0.603. The van der Waals surface area contributed by atoms with Crippen LogP contribution in [0.2, 0.25) is 0 Å². The lowest BCUT2D eigenvalue weighted by atomic mass is 10.1. The van der Waals surface area contributed by atoms with Crippen LogP contribution in [0.3, 0.4) is 0 Å². The van der Waals surface area contributed by atoms with Crippen LogP contribution >= 0.6 is 0 Å². The second-order valence-electron chi connectivity index (χ2n) is 3.29. The molecule has 0 aliphatic carbocycles. The fourth-order valence-electron chi connectivity index (χ4n) is 1.15. The van der Waals surface area contributed by atoms with Crippen molar-refractivity contribution in [2.24, 2.45) is 0 Å². The van der Waals surface area contributed by atoms with Crippen LogP contribution in [-0.2, 0) is 0 Å². The Kier molecular flexibility index (Phi) is 3.29. The van der Waals surface area contributed by atoms with Crippen molar-refractivity contribution in [2.75, 3.05) is 0 Å². The van der Waals surface area contributed by atoms with Crippen molar-refractivity contribution in [3.63, 3.8) is 0 Å². The molecule has 1 aromatic rings. The molecule has 0 aromatic heterocycles. The largest absolute Gasteiger partial charge is 0.491 e. The molecule has 1 N–H and O–H groups in total. The van der Waals surface area contributed by atoms with Gasteiger partial charge in [-0.3, -0.25) is 0 Å². The summed E-state index contributed by atoms with van der Waals surface area (Å²) < 4.78 is 5.35. The van der Waals surface area contributed by atoms with Gasteiger partial charge in [-0.1, -0.05) is 0 Å². The number of nitriles is 1. The van der Waals surface area contributed by atoms with Gasteiger partial charge in [0.1, 0.15) is 11.8 Å². The Bertz CT molecular complexity index is 418. The second kappa shape index (κ2) is 4.47. The van der Waals surface area contributed by atoms with Gasteiger partial charge in [-0.2, -0.15) is 5.26 Å². The van der Waals surface area contributed by atoms with E-state index in [2.05, 4.69) is 0 Å². The number of nitrogens with zero attached hydrogens (tertiary/aromatic N) is 1. The molecule has 0 saturated carbocycles. The van der Waals surface area contributed by atoms with Crippen LogP contribution in [0.15, 0.2) is 18.2 Å². The molecular weight excluding hydrogens is 194 g/mol. The van der Waals surface area contributed by atoms with Gasteiger partial charge in [0.2, 0.25) is 0 Å². The van der Waals surface area contributed by atoms with E-state index in [1.807, 2.05) is 19.9 Å². The average molecular weight is 205 g/mol. The molecule has 15 heavy (non-hydrogen) atoms. The quantitative estimate of drug-likeness (QED) is 0.819. The van der Waals surface area contributed by atoms with Crippen LogP contribution in [-0.4, -0.2) is 17.2 Å². The zero-order chi connectivity index (χ0) is 11.4. The zero-order valence-electron chi connectivity index (χ0n) is 8.52. The van der Waals surface area contributed by atoms with Crippen molar-refractivity contribution in [3.05, 3.63) is 29.3 Å². The normalized spacial score (nSPS) is 9.73. The first-order valence-corrected chi connectivity index (χ1v) is 4.48. The highest BCUT2D eigenvalue weighted by Crippen LogP contribution is 2.18. The Hall–Kier alpha value is -2.02. The van der Waals surface area contributed by atoms with E-state index in [1.54, 1.807) is 6.07 Å². The molecule has 0 amide bonds. The number of aromatic carboxylic acids is 1. The Morgan fingerprint density at radius 1 is 1.53 bits per heavy atom. The van der Waals surface area contributed by atoms with Gasteiger partial charge in [-0.25, -0.2) is 4.79 Å². The second-order valence-corrected chi connectivity index (χ2v) is 3.29. The van der Waals surface area contributed by atoms with Gasteiger partial charge in [0.25, 0.3) is 0 Å². The van der Waals surface area contributed by atoms with Gasteiger partial charge in [-0.05, 0) is 32.0 Å². The van der Waals surface area contributed by atoms with Crippen LogP contribution in [0.25, 0.3) is 0 Å². The number of benzene rings is 1. The predicted octanol–water partition coefficient (Wildman–Crippen LogP) is 2.04. The SMILES string of the molecule is CC(C)Oc1ccc(C(=O)O)c(C#N)c1. The molecule has 1 aromatic carbocycles. The maximum atomic E-state index is 10.7. The summed E-state index contributed by atoms with van der Waals surface area (Å²) in [4.78, 5) is 10.7. The van der Waals surface area contributed by atoms with E-state index < -0.39 is 5.97 Å². The predicted molar refractivity (Wildman–Crippen MR) is 53.9 cm³/mol. The van der Waals surface area contributed by atoms with E-state index in [0.717, 1.165) is 0 Å². The molecule has 0 heterocycles. The Morgan fingerprint density at radius 2 is 2.20 bits per heavy atom. The van der Waals surface area contributed by atoms with E-state index in [0.29, 0.717) is 5.75 Å². The number of rotatable bonds is 3. The van der Waals surface area contributed by atoms with Gasteiger partial charge >= 0.3 is 5.97 Å².